The maximum absolute atomic E-state index is 8.69. The molecule has 4 nitrogen and oxygen atoms in total. The fourth-order valence-electron chi connectivity index (χ4n) is 0.550. The molecular weight excluding hydrogens is 198 g/mol. The van der Waals surface area contributed by atoms with E-state index < -0.39 is 0 Å². The van der Waals surface area contributed by atoms with Gasteiger partial charge in [-0.3, -0.25) is 0 Å². The molecule has 10 heavy (non-hydrogen) atoms. The minimum Gasteiger partial charge on any atom is -0.394 e. The minimum atomic E-state index is -0.00111. The van der Waals surface area contributed by atoms with Gasteiger partial charge in [0.15, 0.2) is 0 Å². The van der Waals surface area contributed by atoms with Crippen LogP contribution in [0, 0.1) is 0 Å². The van der Waals surface area contributed by atoms with Gasteiger partial charge in [-0.05, 0) is 22.9 Å². The lowest BCUT2D eigenvalue weighted by Crippen LogP contribution is -2.09. The first-order chi connectivity index (χ1) is 4.74. The van der Waals surface area contributed by atoms with E-state index in [-0.39, 0.29) is 12.6 Å². The van der Waals surface area contributed by atoms with E-state index in [2.05, 4.69) is 26.0 Å². The third-order valence-electron chi connectivity index (χ3n) is 1.20. The van der Waals surface area contributed by atoms with Crippen molar-refractivity contribution >= 4 is 15.9 Å². The molecule has 0 aromatic carbocycles. The zero-order valence-electron chi connectivity index (χ0n) is 5.53. The smallest absolute Gasteiger partial charge is 0.217 e. The highest BCUT2D eigenvalue weighted by Crippen LogP contribution is 2.04. The Labute approximate surface area is 67.0 Å². The molecular formula is C5H8BrN3O. The normalized spacial score (nSPS) is 13.5. The van der Waals surface area contributed by atoms with E-state index in [0.29, 0.717) is 4.73 Å². The van der Waals surface area contributed by atoms with Gasteiger partial charge in [-0.15, -0.1) is 5.10 Å². The third kappa shape index (κ3) is 1.54. The van der Waals surface area contributed by atoms with E-state index in [1.165, 1.54) is 0 Å². The van der Waals surface area contributed by atoms with Crippen molar-refractivity contribution in [3.05, 3.63) is 11.1 Å². The van der Waals surface area contributed by atoms with Gasteiger partial charge in [0.2, 0.25) is 4.73 Å². The lowest BCUT2D eigenvalue weighted by molar-refractivity contribution is 0.229. The highest BCUT2D eigenvalue weighted by Gasteiger charge is 2.03. The summed E-state index contributed by atoms with van der Waals surface area (Å²) in [7, 11) is 0. The molecule has 0 saturated heterocycles. The van der Waals surface area contributed by atoms with Crippen LogP contribution in [0.4, 0.5) is 0 Å². The Morgan fingerprint density at radius 2 is 2.60 bits per heavy atom. The molecule has 0 bridgehead atoms. The molecule has 5 heteroatoms. The molecule has 0 aliphatic carbocycles. The van der Waals surface area contributed by atoms with Crippen molar-refractivity contribution in [1.29, 1.82) is 0 Å². The number of nitrogens with zero attached hydrogens (tertiary/aromatic N) is 3. The maximum Gasteiger partial charge on any atom is 0.217 e. The molecule has 0 aliphatic heterocycles. The average Bonchev–Trinajstić information content (AvgIpc) is 2.34. The summed E-state index contributed by atoms with van der Waals surface area (Å²) in [4.78, 5) is 3.84. The van der Waals surface area contributed by atoms with Crippen LogP contribution in [0.2, 0.25) is 0 Å². The van der Waals surface area contributed by atoms with Gasteiger partial charge < -0.3 is 5.11 Å². The standard InChI is InChI=1S/C5H8BrN3O/c1-4(2-10)9-3-7-5(6)8-9/h3-4,10H,2H2,1H3. The Kier molecular flexibility index (Phi) is 2.39. The quantitative estimate of drug-likeness (QED) is 0.770. The van der Waals surface area contributed by atoms with Gasteiger partial charge in [-0.2, -0.15) is 0 Å². The van der Waals surface area contributed by atoms with Crippen LogP contribution in [0.15, 0.2) is 11.1 Å². The number of aliphatic hydroxyl groups excluding tert-OH is 1. The molecule has 0 spiro atoms. The highest BCUT2D eigenvalue weighted by molar-refractivity contribution is 9.10. The van der Waals surface area contributed by atoms with Crippen LogP contribution in [0.1, 0.15) is 13.0 Å². The summed E-state index contributed by atoms with van der Waals surface area (Å²) in [6.45, 7) is 1.94. The number of halogens is 1. The molecule has 56 valence electrons. The molecule has 1 unspecified atom stereocenters. The number of hydrogen-bond donors (Lipinski definition) is 1. The molecule has 1 heterocycles. The second kappa shape index (κ2) is 3.12. The van der Waals surface area contributed by atoms with Crippen LogP contribution in [-0.4, -0.2) is 26.5 Å². The van der Waals surface area contributed by atoms with E-state index in [9.17, 15) is 0 Å². The van der Waals surface area contributed by atoms with Crippen molar-refractivity contribution in [2.24, 2.45) is 0 Å². The summed E-state index contributed by atoms with van der Waals surface area (Å²) in [6.07, 6.45) is 1.57. The van der Waals surface area contributed by atoms with Crippen molar-refractivity contribution in [3.8, 4) is 0 Å². The van der Waals surface area contributed by atoms with Gasteiger partial charge in [0.25, 0.3) is 0 Å². The molecule has 0 saturated carbocycles. The maximum atomic E-state index is 8.69. The summed E-state index contributed by atoms with van der Waals surface area (Å²) in [5.41, 5.74) is 0. The van der Waals surface area contributed by atoms with Crippen LogP contribution in [-0.2, 0) is 0 Å². The molecule has 1 aromatic rings. The SMILES string of the molecule is CC(CO)n1cnc(Br)n1. The lowest BCUT2D eigenvalue weighted by atomic mass is 10.4. The van der Waals surface area contributed by atoms with Gasteiger partial charge in [0, 0.05) is 0 Å². The van der Waals surface area contributed by atoms with Crippen LogP contribution in [0.25, 0.3) is 0 Å². The van der Waals surface area contributed by atoms with Crippen LogP contribution >= 0.6 is 15.9 Å². The number of hydrogen-bond acceptors (Lipinski definition) is 3. The molecule has 0 fully saturated rings. The zero-order chi connectivity index (χ0) is 7.56. The Balaban J connectivity index is 2.74. The van der Waals surface area contributed by atoms with Gasteiger partial charge in [-0.1, -0.05) is 0 Å². The summed E-state index contributed by atoms with van der Waals surface area (Å²) >= 11 is 3.10. The second-order valence-electron chi connectivity index (χ2n) is 2.03. The summed E-state index contributed by atoms with van der Waals surface area (Å²) < 4.78 is 2.15. The topological polar surface area (TPSA) is 50.9 Å². The van der Waals surface area contributed by atoms with Gasteiger partial charge in [0.1, 0.15) is 6.33 Å². The third-order valence-corrected chi connectivity index (χ3v) is 1.56. The first-order valence-corrected chi connectivity index (χ1v) is 3.71. The van der Waals surface area contributed by atoms with Crippen molar-refractivity contribution in [2.45, 2.75) is 13.0 Å². The molecule has 0 radical (unpaired) electrons. The highest BCUT2D eigenvalue weighted by atomic mass is 79.9. The van der Waals surface area contributed by atoms with E-state index >= 15 is 0 Å². The first kappa shape index (κ1) is 7.68. The zero-order valence-corrected chi connectivity index (χ0v) is 7.11. The van der Waals surface area contributed by atoms with Crippen molar-refractivity contribution in [2.75, 3.05) is 6.61 Å². The Morgan fingerprint density at radius 3 is 3.00 bits per heavy atom. The molecule has 1 aromatic heterocycles. The van der Waals surface area contributed by atoms with Crippen LogP contribution in [0.3, 0.4) is 0 Å². The summed E-state index contributed by atoms with van der Waals surface area (Å²) in [5.74, 6) is 0. The monoisotopic (exact) mass is 205 g/mol. The van der Waals surface area contributed by atoms with Crippen LogP contribution in [0.5, 0.6) is 0 Å². The van der Waals surface area contributed by atoms with Crippen molar-refractivity contribution < 1.29 is 5.11 Å². The predicted molar refractivity (Wildman–Crippen MR) is 39.5 cm³/mol. The predicted octanol–water partition coefficient (Wildman–Crippen LogP) is 0.594. The van der Waals surface area contributed by atoms with Gasteiger partial charge >= 0.3 is 0 Å². The lowest BCUT2D eigenvalue weighted by Gasteiger charge is -2.05. The largest absolute Gasteiger partial charge is 0.394 e. The molecule has 1 N–H and O–H groups in total. The first-order valence-electron chi connectivity index (χ1n) is 2.91. The Morgan fingerprint density at radius 1 is 1.90 bits per heavy atom. The van der Waals surface area contributed by atoms with E-state index in [0.717, 1.165) is 0 Å². The van der Waals surface area contributed by atoms with E-state index in [1.54, 1.807) is 11.0 Å². The van der Waals surface area contributed by atoms with E-state index in [4.69, 9.17) is 5.11 Å². The molecule has 1 atom stereocenters. The van der Waals surface area contributed by atoms with Crippen LogP contribution < -0.4 is 0 Å². The fraction of sp³-hybridized carbons (Fsp3) is 0.600. The van der Waals surface area contributed by atoms with Crippen molar-refractivity contribution in [3.63, 3.8) is 0 Å². The van der Waals surface area contributed by atoms with E-state index in [1.807, 2.05) is 6.92 Å². The average molecular weight is 206 g/mol. The van der Waals surface area contributed by atoms with Crippen molar-refractivity contribution in [1.82, 2.24) is 14.8 Å². The Hall–Kier alpha value is -0.420. The second-order valence-corrected chi connectivity index (χ2v) is 2.73. The van der Waals surface area contributed by atoms with Gasteiger partial charge in [-0.25, -0.2) is 9.67 Å². The summed E-state index contributed by atoms with van der Waals surface area (Å²) in [5, 5.41) is 12.6. The molecule has 1 rings (SSSR count). The summed E-state index contributed by atoms with van der Waals surface area (Å²) in [6, 6.07) is -0.00111. The fourth-order valence-corrected chi connectivity index (χ4v) is 0.824. The molecule has 0 aliphatic rings. The number of aromatic nitrogens is 3. The minimum absolute atomic E-state index is 0.00111. The van der Waals surface area contributed by atoms with Gasteiger partial charge in [0.05, 0.1) is 12.6 Å². The molecule has 0 amide bonds. The number of rotatable bonds is 2. The Bertz CT molecular complexity index is 212. The number of aliphatic hydroxyl groups is 1.